The first-order valence-electron chi connectivity index (χ1n) is 5.85. The molecule has 5 nitrogen and oxygen atoms in total. The largest absolute Gasteiger partial charge is 0.388 e. The fourth-order valence-electron chi connectivity index (χ4n) is 1.77. The van der Waals surface area contributed by atoms with Crippen molar-refractivity contribution in [3.05, 3.63) is 51.1 Å². The average Bonchev–Trinajstić information content (AvgIpc) is 2.83. The summed E-state index contributed by atoms with van der Waals surface area (Å²) in [5, 5.41) is 21.0. The Balaban J connectivity index is 2.48. The lowest BCUT2D eigenvalue weighted by molar-refractivity contribution is -0.383. The Morgan fingerprint density at radius 1 is 1.45 bits per heavy atom. The molecule has 0 aliphatic carbocycles. The van der Waals surface area contributed by atoms with Gasteiger partial charge in [-0.05, 0) is 25.1 Å². The molecule has 0 saturated carbocycles. The van der Waals surface area contributed by atoms with E-state index in [4.69, 9.17) is 0 Å². The zero-order chi connectivity index (χ0) is 14.9. The fourth-order valence-corrected chi connectivity index (χ4v) is 2.81. The minimum Gasteiger partial charge on any atom is -0.388 e. The van der Waals surface area contributed by atoms with Gasteiger partial charge < -0.3 is 10.0 Å². The molecule has 1 heterocycles. The summed E-state index contributed by atoms with van der Waals surface area (Å²) in [6, 6.07) is 7.15. The number of rotatable bonds is 4. The van der Waals surface area contributed by atoms with Crippen LogP contribution in [0.1, 0.15) is 17.9 Å². The van der Waals surface area contributed by atoms with Gasteiger partial charge in [0.1, 0.15) is 5.82 Å². The van der Waals surface area contributed by atoms with Gasteiger partial charge in [0.05, 0.1) is 11.0 Å². The van der Waals surface area contributed by atoms with Crippen LogP contribution in [0.5, 0.6) is 0 Å². The van der Waals surface area contributed by atoms with Crippen molar-refractivity contribution in [2.45, 2.75) is 13.0 Å². The van der Waals surface area contributed by atoms with Crippen molar-refractivity contribution in [1.29, 1.82) is 0 Å². The van der Waals surface area contributed by atoms with Crippen LogP contribution in [0, 0.1) is 15.9 Å². The summed E-state index contributed by atoms with van der Waals surface area (Å²) in [5.74, 6) is -0.413. The van der Waals surface area contributed by atoms with E-state index in [0.29, 0.717) is 15.6 Å². The Labute approximate surface area is 119 Å². The number of hydrogen-bond acceptors (Lipinski definition) is 5. The van der Waals surface area contributed by atoms with Gasteiger partial charge >= 0.3 is 5.69 Å². The summed E-state index contributed by atoms with van der Waals surface area (Å²) in [7, 11) is 1.62. The van der Waals surface area contributed by atoms with Crippen LogP contribution in [0.25, 0.3) is 0 Å². The smallest absolute Gasteiger partial charge is 0.304 e. The van der Waals surface area contributed by atoms with Gasteiger partial charge in [-0.1, -0.05) is 6.07 Å². The molecular weight excluding hydrogens is 283 g/mol. The number of hydrogen-bond donors (Lipinski definition) is 1. The number of aliphatic hydroxyl groups is 1. The zero-order valence-corrected chi connectivity index (χ0v) is 11.7. The summed E-state index contributed by atoms with van der Waals surface area (Å²) >= 11 is 1.12. The topological polar surface area (TPSA) is 66.6 Å². The van der Waals surface area contributed by atoms with Gasteiger partial charge in [-0.3, -0.25) is 10.1 Å². The zero-order valence-electron chi connectivity index (χ0n) is 10.9. The highest BCUT2D eigenvalue weighted by Crippen LogP contribution is 2.42. The Bertz CT molecular complexity index is 642. The highest BCUT2D eigenvalue weighted by atomic mass is 32.1. The molecule has 0 unspecified atom stereocenters. The van der Waals surface area contributed by atoms with E-state index in [2.05, 4.69) is 0 Å². The van der Waals surface area contributed by atoms with E-state index >= 15 is 0 Å². The lowest BCUT2D eigenvalue weighted by Crippen LogP contribution is -2.09. The van der Waals surface area contributed by atoms with Gasteiger partial charge in [-0.15, -0.1) is 11.3 Å². The normalized spacial score (nSPS) is 12.2. The first-order chi connectivity index (χ1) is 9.40. The maximum atomic E-state index is 13.2. The van der Waals surface area contributed by atoms with Gasteiger partial charge in [0, 0.05) is 23.7 Å². The van der Waals surface area contributed by atoms with Crippen molar-refractivity contribution >= 4 is 27.7 Å². The standard InChI is InChI=1S/C13H13FN2O3S/c1-8(17)12-7-11(16(18)19)13(20-12)15(2)10-5-3-4-9(14)6-10/h3-8,17H,1-2H3/t8-/m0/s1. The first kappa shape index (κ1) is 14.4. The average molecular weight is 296 g/mol. The van der Waals surface area contributed by atoms with Crippen LogP contribution in [0.2, 0.25) is 0 Å². The molecule has 0 spiro atoms. The van der Waals surface area contributed by atoms with E-state index in [1.165, 1.54) is 29.2 Å². The van der Waals surface area contributed by atoms with Gasteiger partial charge in [0.2, 0.25) is 0 Å². The maximum absolute atomic E-state index is 13.2. The van der Waals surface area contributed by atoms with Crippen LogP contribution in [-0.2, 0) is 0 Å². The summed E-state index contributed by atoms with van der Waals surface area (Å²) in [5.41, 5.74) is 0.407. The van der Waals surface area contributed by atoms with Crippen molar-refractivity contribution in [3.8, 4) is 0 Å². The van der Waals surface area contributed by atoms with E-state index < -0.39 is 16.8 Å². The molecule has 0 radical (unpaired) electrons. The Morgan fingerprint density at radius 2 is 2.15 bits per heavy atom. The van der Waals surface area contributed by atoms with Crippen LogP contribution >= 0.6 is 11.3 Å². The van der Waals surface area contributed by atoms with Gasteiger partial charge in [0.15, 0.2) is 5.00 Å². The number of halogens is 1. The number of nitro groups is 1. The minimum atomic E-state index is -0.784. The summed E-state index contributed by atoms with van der Waals surface area (Å²) < 4.78 is 13.2. The molecule has 1 atom stereocenters. The molecule has 0 aliphatic heterocycles. The third kappa shape index (κ3) is 2.78. The second-order valence-electron chi connectivity index (χ2n) is 4.31. The molecule has 0 aliphatic rings. The molecule has 2 rings (SSSR count). The van der Waals surface area contributed by atoms with Crippen LogP contribution in [0.4, 0.5) is 20.8 Å². The van der Waals surface area contributed by atoms with Crippen molar-refractivity contribution in [2.75, 3.05) is 11.9 Å². The van der Waals surface area contributed by atoms with Gasteiger partial charge in [-0.25, -0.2) is 4.39 Å². The SMILES string of the molecule is C[C@H](O)c1cc([N+](=O)[O-])c(N(C)c2cccc(F)c2)s1. The Hall–Kier alpha value is -1.99. The molecule has 0 amide bonds. The van der Waals surface area contributed by atoms with Crippen LogP contribution in [0.3, 0.4) is 0 Å². The number of nitrogens with zero attached hydrogens (tertiary/aromatic N) is 2. The van der Waals surface area contributed by atoms with Crippen molar-refractivity contribution < 1.29 is 14.4 Å². The van der Waals surface area contributed by atoms with E-state index in [0.717, 1.165) is 11.3 Å². The second kappa shape index (κ2) is 5.56. The highest BCUT2D eigenvalue weighted by molar-refractivity contribution is 7.16. The third-order valence-corrected chi connectivity index (χ3v) is 4.19. The molecule has 7 heteroatoms. The maximum Gasteiger partial charge on any atom is 0.304 e. The second-order valence-corrected chi connectivity index (χ2v) is 5.37. The molecule has 1 aromatic carbocycles. The molecule has 0 bridgehead atoms. The highest BCUT2D eigenvalue weighted by Gasteiger charge is 2.24. The molecular formula is C13H13FN2O3S. The van der Waals surface area contributed by atoms with Gasteiger partial charge in [-0.2, -0.15) is 0 Å². The predicted molar refractivity (Wildman–Crippen MR) is 76.1 cm³/mol. The Morgan fingerprint density at radius 3 is 2.70 bits per heavy atom. The lowest BCUT2D eigenvalue weighted by Gasteiger charge is -2.16. The Kier molecular flexibility index (Phi) is 4.01. The van der Waals surface area contributed by atoms with Crippen molar-refractivity contribution in [2.24, 2.45) is 0 Å². The number of aliphatic hydroxyl groups excluding tert-OH is 1. The molecule has 106 valence electrons. The van der Waals surface area contributed by atoms with E-state index in [1.54, 1.807) is 20.0 Å². The van der Waals surface area contributed by atoms with Crippen LogP contribution in [-0.4, -0.2) is 17.1 Å². The molecule has 0 fully saturated rings. The number of benzene rings is 1. The van der Waals surface area contributed by atoms with Crippen LogP contribution < -0.4 is 4.90 Å². The molecule has 1 aromatic heterocycles. The van der Waals surface area contributed by atoms with E-state index in [9.17, 15) is 19.6 Å². The minimum absolute atomic E-state index is 0.0994. The molecule has 20 heavy (non-hydrogen) atoms. The first-order valence-corrected chi connectivity index (χ1v) is 6.67. The van der Waals surface area contributed by atoms with Crippen LogP contribution in [0.15, 0.2) is 30.3 Å². The summed E-state index contributed by atoms with van der Waals surface area (Å²) in [4.78, 5) is 12.6. The monoisotopic (exact) mass is 296 g/mol. The summed E-state index contributed by atoms with van der Waals surface area (Å²) in [6.07, 6.45) is -0.784. The number of anilines is 2. The van der Waals surface area contributed by atoms with Crippen molar-refractivity contribution in [1.82, 2.24) is 0 Å². The quantitative estimate of drug-likeness (QED) is 0.691. The van der Waals surface area contributed by atoms with E-state index in [1.807, 2.05) is 0 Å². The van der Waals surface area contributed by atoms with Gasteiger partial charge in [0.25, 0.3) is 0 Å². The molecule has 2 aromatic rings. The third-order valence-electron chi connectivity index (χ3n) is 2.82. The summed E-state index contributed by atoms with van der Waals surface area (Å²) in [6.45, 7) is 1.54. The predicted octanol–water partition coefficient (Wildman–Crippen LogP) is 3.62. The lowest BCUT2D eigenvalue weighted by atomic mass is 10.3. The van der Waals surface area contributed by atoms with E-state index in [-0.39, 0.29) is 5.69 Å². The molecule has 1 N–H and O–H groups in total. The number of thiophene rings is 1. The molecule has 0 saturated heterocycles. The van der Waals surface area contributed by atoms with Crippen molar-refractivity contribution in [3.63, 3.8) is 0 Å². The fraction of sp³-hybridized carbons (Fsp3) is 0.231.